The number of aryl methyl sites for hydroxylation is 1. The first-order chi connectivity index (χ1) is 8.22. The van der Waals surface area contributed by atoms with Crippen molar-refractivity contribution < 1.29 is 9.53 Å². The van der Waals surface area contributed by atoms with E-state index in [9.17, 15) is 4.79 Å². The van der Waals surface area contributed by atoms with Crippen LogP contribution >= 0.6 is 0 Å². The summed E-state index contributed by atoms with van der Waals surface area (Å²) in [4.78, 5) is 12.0. The number of hydrogen-bond acceptors (Lipinski definition) is 5. The zero-order chi connectivity index (χ0) is 12.3. The van der Waals surface area contributed by atoms with Gasteiger partial charge in [0.15, 0.2) is 5.69 Å². The maximum Gasteiger partial charge on any atom is 0.285 e. The lowest BCUT2D eigenvalue weighted by Gasteiger charge is -2.26. The number of rotatable bonds is 3. The van der Waals surface area contributed by atoms with E-state index in [0.29, 0.717) is 44.2 Å². The average molecular weight is 239 g/mol. The van der Waals surface area contributed by atoms with Crippen molar-refractivity contribution in [2.45, 2.75) is 13.5 Å². The Kier molecular flexibility index (Phi) is 3.60. The van der Waals surface area contributed by atoms with Gasteiger partial charge in [-0.15, -0.1) is 0 Å². The van der Waals surface area contributed by atoms with Gasteiger partial charge in [-0.3, -0.25) is 14.9 Å². The number of carbonyl (C=O) groups is 1. The molecule has 17 heavy (non-hydrogen) atoms. The van der Waals surface area contributed by atoms with Gasteiger partial charge < -0.3 is 10.5 Å². The molecule has 94 valence electrons. The molecule has 1 fully saturated rings. The topological polar surface area (TPSA) is 85.4 Å². The molecule has 1 aromatic heterocycles. The minimum absolute atomic E-state index is 0.219. The van der Waals surface area contributed by atoms with Gasteiger partial charge in [0.2, 0.25) is 0 Å². The van der Waals surface area contributed by atoms with Gasteiger partial charge in [0.05, 0.1) is 25.1 Å². The van der Waals surface area contributed by atoms with Crippen molar-refractivity contribution in [1.29, 1.82) is 0 Å². The average Bonchev–Trinajstić information content (AvgIpc) is 2.71. The zero-order valence-corrected chi connectivity index (χ0v) is 9.85. The van der Waals surface area contributed by atoms with E-state index in [-0.39, 0.29) is 5.91 Å². The summed E-state index contributed by atoms with van der Waals surface area (Å²) in [7, 11) is 0. The monoisotopic (exact) mass is 239 g/mol. The number of hydrazine groups is 1. The molecule has 7 nitrogen and oxygen atoms in total. The van der Waals surface area contributed by atoms with Crippen LogP contribution in [0.4, 0.5) is 5.69 Å². The molecule has 0 aliphatic carbocycles. The Hall–Kier alpha value is -1.60. The van der Waals surface area contributed by atoms with Crippen LogP contribution in [-0.2, 0) is 11.3 Å². The van der Waals surface area contributed by atoms with Crippen molar-refractivity contribution in [2.24, 2.45) is 0 Å². The number of nitrogens with two attached hydrogens (primary N) is 1. The number of aromatic nitrogens is 2. The van der Waals surface area contributed by atoms with E-state index >= 15 is 0 Å². The minimum Gasteiger partial charge on any atom is -0.396 e. The van der Waals surface area contributed by atoms with Gasteiger partial charge in [-0.1, -0.05) is 0 Å². The summed E-state index contributed by atoms with van der Waals surface area (Å²) in [5.74, 6) is -0.219. The fraction of sp³-hybridized carbons (Fsp3) is 0.600. The van der Waals surface area contributed by atoms with Crippen LogP contribution in [-0.4, -0.2) is 47.0 Å². The van der Waals surface area contributed by atoms with E-state index in [2.05, 4.69) is 10.5 Å². The van der Waals surface area contributed by atoms with Crippen LogP contribution in [0.5, 0.6) is 0 Å². The number of nitrogens with one attached hydrogen (secondary N) is 1. The third kappa shape index (κ3) is 2.56. The summed E-state index contributed by atoms with van der Waals surface area (Å²) in [6.07, 6.45) is 1.50. The second-order valence-corrected chi connectivity index (χ2v) is 3.80. The number of morpholine rings is 1. The molecule has 1 aromatic rings. The zero-order valence-electron chi connectivity index (χ0n) is 9.85. The number of nitrogen functional groups attached to an aromatic ring is 1. The third-order valence-corrected chi connectivity index (χ3v) is 2.65. The third-order valence-electron chi connectivity index (χ3n) is 2.65. The van der Waals surface area contributed by atoms with Crippen LogP contribution in [0.3, 0.4) is 0 Å². The summed E-state index contributed by atoms with van der Waals surface area (Å²) >= 11 is 0. The Morgan fingerprint density at radius 2 is 2.29 bits per heavy atom. The van der Waals surface area contributed by atoms with Gasteiger partial charge in [-0.05, 0) is 6.92 Å². The highest BCUT2D eigenvalue weighted by molar-refractivity contribution is 5.97. The molecule has 3 N–H and O–H groups in total. The smallest absolute Gasteiger partial charge is 0.285 e. The van der Waals surface area contributed by atoms with Crippen LogP contribution in [0, 0.1) is 0 Å². The maximum absolute atomic E-state index is 12.0. The van der Waals surface area contributed by atoms with E-state index in [1.807, 2.05) is 11.9 Å². The maximum atomic E-state index is 12.0. The van der Waals surface area contributed by atoms with Gasteiger partial charge in [0, 0.05) is 19.6 Å². The Morgan fingerprint density at radius 1 is 1.59 bits per heavy atom. The predicted molar refractivity (Wildman–Crippen MR) is 62.2 cm³/mol. The molecule has 1 saturated heterocycles. The van der Waals surface area contributed by atoms with Crippen molar-refractivity contribution in [1.82, 2.24) is 20.2 Å². The predicted octanol–water partition coefficient (Wildman–Crippen LogP) is -0.538. The normalized spacial score (nSPS) is 17.0. The highest BCUT2D eigenvalue weighted by atomic mass is 16.5. The SMILES string of the molecule is CCn1ncc(N)c1C(=O)NN1CCOCC1. The first-order valence-electron chi connectivity index (χ1n) is 5.67. The van der Waals surface area contributed by atoms with Gasteiger partial charge in [-0.25, -0.2) is 5.01 Å². The quantitative estimate of drug-likeness (QED) is 0.740. The molecule has 1 aliphatic rings. The summed E-state index contributed by atoms with van der Waals surface area (Å²) in [5.41, 5.74) is 9.36. The molecule has 0 aromatic carbocycles. The molecule has 0 spiro atoms. The first kappa shape index (κ1) is 11.9. The van der Waals surface area contributed by atoms with Crippen LogP contribution < -0.4 is 11.2 Å². The molecule has 0 atom stereocenters. The summed E-state index contributed by atoms with van der Waals surface area (Å²) in [5, 5.41) is 5.87. The molecule has 2 rings (SSSR count). The molecule has 0 radical (unpaired) electrons. The molecule has 2 heterocycles. The number of carbonyl (C=O) groups excluding carboxylic acids is 1. The van der Waals surface area contributed by atoms with Gasteiger partial charge >= 0.3 is 0 Å². The molecular weight excluding hydrogens is 222 g/mol. The van der Waals surface area contributed by atoms with Crippen LogP contribution in [0.2, 0.25) is 0 Å². The Balaban J connectivity index is 2.05. The number of ether oxygens (including phenoxy) is 1. The van der Waals surface area contributed by atoms with Gasteiger partial charge in [-0.2, -0.15) is 5.10 Å². The largest absolute Gasteiger partial charge is 0.396 e. The molecule has 0 saturated carbocycles. The highest BCUT2D eigenvalue weighted by Gasteiger charge is 2.19. The van der Waals surface area contributed by atoms with Crippen molar-refractivity contribution >= 4 is 11.6 Å². The Morgan fingerprint density at radius 3 is 2.94 bits per heavy atom. The van der Waals surface area contributed by atoms with Crippen molar-refractivity contribution in [3.8, 4) is 0 Å². The Bertz CT molecular complexity index is 397. The van der Waals surface area contributed by atoms with Crippen molar-refractivity contribution in [3.63, 3.8) is 0 Å². The van der Waals surface area contributed by atoms with Gasteiger partial charge in [0.1, 0.15) is 0 Å². The molecule has 0 unspecified atom stereocenters. The summed E-state index contributed by atoms with van der Waals surface area (Å²) in [6.45, 7) is 5.16. The molecule has 1 aliphatic heterocycles. The van der Waals surface area contributed by atoms with Crippen molar-refractivity contribution in [2.75, 3.05) is 32.0 Å². The molecular formula is C10H17N5O2. The van der Waals surface area contributed by atoms with Crippen LogP contribution in [0.1, 0.15) is 17.4 Å². The summed E-state index contributed by atoms with van der Waals surface area (Å²) < 4.78 is 6.79. The molecule has 7 heteroatoms. The number of nitrogens with zero attached hydrogens (tertiary/aromatic N) is 3. The van der Waals surface area contributed by atoms with E-state index in [1.54, 1.807) is 4.68 Å². The van der Waals surface area contributed by atoms with E-state index in [1.165, 1.54) is 6.20 Å². The number of anilines is 1. The fourth-order valence-corrected chi connectivity index (χ4v) is 1.76. The molecule has 1 amide bonds. The second-order valence-electron chi connectivity index (χ2n) is 3.80. The second kappa shape index (κ2) is 5.15. The number of amides is 1. The fourth-order valence-electron chi connectivity index (χ4n) is 1.76. The first-order valence-corrected chi connectivity index (χ1v) is 5.67. The lowest BCUT2D eigenvalue weighted by atomic mass is 10.3. The van der Waals surface area contributed by atoms with Crippen molar-refractivity contribution in [3.05, 3.63) is 11.9 Å². The van der Waals surface area contributed by atoms with Crippen LogP contribution in [0.15, 0.2) is 6.20 Å². The van der Waals surface area contributed by atoms with E-state index in [0.717, 1.165) is 0 Å². The van der Waals surface area contributed by atoms with E-state index in [4.69, 9.17) is 10.5 Å². The van der Waals surface area contributed by atoms with Crippen LogP contribution in [0.25, 0.3) is 0 Å². The highest BCUT2D eigenvalue weighted by Crippen LogP contribution is 2.10. The van der Waals surface area contributed by atoms with Gasteiger partial charge in [0.25, 0.3) is 5.91 Å². The molecule has 0 bridgehead atoms. The Labute approximate surface area is 99.5 Å². The standard InChI is InChI=1S/C10H17N5O2/c1-2-15-9(8(11)7-12-15)10(16)13-14-3-5-17-6-4-14/h7H,2-6,11H2,1H3,(H,13,16). The lowest BCUT2D eigenvalue weighted by Crippen LogP contribution is -2.48. The number of hydrogen-bond donors (Lipinski definition) is 2. The van der Waals surface area contributed by atoms with E-state index < -0.39 is 0 Å². The lowest BCUT2D eigenvalue weighted by molar-refractivity contribution is 0.0123. The summed E-state index contributed by atoms with van der Waals surface area (Å²) in [6, 6.07) is 0. The minimum atomic E-state index is -0.219.